The van der Waals surface area contributed by atoms with Gasteiger partial charge in [0.2, 0.25) is 0 Å². The molecule has 1 aromatic rings. The summed E-state index contributed by atoms with van der Waals surface area (Å²) in [5.74, 6) is 0.0906. The molecule has 3 nitrogen and oxygen atoms in total. The summed E-state index contributed by atoms with van der Waals surface area (Å²) in [6, 6.07) is 4.08. The number of aliphatic hydroxyl groups is 1. The van der Waals surface area contributed by atoms with Crippen molar-refractivity contribution in [2.24, 2.45) is 0 Å². The zero-order valence-electron chi connectivity index (χ0n) is 9.24. The van der Waals surface area contributed by atoms with Crippen molar-refractivity contribution in [1.82, 2.24) is 5.32 Å². The Morgan fingerprint density at radius 2 is 2.38 bits per heavy atom. The minimum absolute atomic E-state index is 0.325. The van der Waals surface area contributed by atoms with Gasteiger partial charge in [-0.25, -0.2) is 4.39 Å². The molecule has 0 aliphatic rings. The van der Waals surface area contributed by atoms with Crippen LogP contribution in [0.3, 0.4) is 0 Å². The van der Waals surface area contributed by atoms with E-state index < -0.39 is 11.9 Å². The summed E-state index contributed by atoms with van der Waals surface area (Å²) in [6.07, 6.45) is 0.890. The minimum Gasteiger partial charge on any atom is -0.496 e. The van der Waals surface area contributed by atoms with Crippen molar-refractivity contribution in [1.29, 1.82) is 0 Å². The van der Waals surface area contributed by atoms with Crippen LogP contribution in [0.5, 0.6) is 5.75 Å². The summed E-state index contributed by atoms with van der Waals surface area (Å²) >= 11 is 0. The van der Waals surface area contributed by atoms with Gasteiger partial charge in [0.1, 0.15) is 11.6 Å². The maximum atomic E-state index is 13.0. The first-order valence-electron chi connectivity index (χ1n) is 5.02. The van der Waals surface area contributed by atoms with Crippen LogP contribution in [-0.4, -0.2) is 25.3 Å². The van der Waals surface area contributed by atoms with Gasteiger partial charge in [0.25, 0.3) is 0 Å². The SMILES string of the molecule is C=CCNCC(O)c1cc(F)ccc1OC. The fourth-order valence-corrected chi connectivity index (χ4v) is 1.40. The van der Waals surface area contributed by atoms with Crippen LogP contribution in [0.15, 0.2) is 30.9 Å². The lowest BCUT2D eigenvalue weighted by Gasteiger charge is -2.15. The average Bonchev–Trinajstić information content (AvgIpc) is 2.29. The molecule has 0 radical (unpaired) electrons. The number of nitrogens with one attached hydrogen (secondary N) is 1. The number of ether oxygens (including phenoxy) is 1. The molecular formula is C12H16FNO2. The van der Waals surface area contributed by atoms with E-state index in [-0.39, 0.29) is 0 Å². The molecule has 4 heteroatoms. The second-order valence-electron chi connectivity index (χ2n) is 3.35. The zero-order valence-corrected chi connectivity index (χ0v) is 9.24. The van der Waals surface area contributed by atoms with Gasteiger partial charge < -0.3 is 15.2 Å². The second-order valence-corrected chi connectivity index (χ2v) is 3.35. The van der Waals surface area contributed by atoms with Gasteiger partial charge in [-0.3, -0.25) is 0 Å². The van der Waals surface area contributed by atoms with Crippen LogP contribution in [0.25, 0.3) is 0 Å². The number of hydrogen-bond donors (Lipinski definition) is 2. The largest absolute Gasteiger partial charge is 0.496 e. The van der Waals surface area contributed by atoms with E-state index in [1.807, 2.05) is 0 Å². The van der Waals surface area contributed by atoms with E-state index in [0.717, 1.165) is 0 Å². The minimum atomic E-state index is -0.800. The third kappa shape index (κ3) is 3.32. The van der Waals surface area contributed by atoms with Gasteiger partial charge in [0.05, 0.1) is 13.2 Å². The second kappa shape index (κ2) is 6.25. The number of benzene rings is 1. The number of rotatable bonds is 6. The fraction of sp³-hybridized carbons (Fsp3) is 0.333. The third-order valence-corrected chi connectivity index (χ3v) is 2.18. The van der Waals surface area contributed by atoms with Crippen LogP contribution in [-0.2, 0) is 0 Å². The molecule has 0 amide bonds. The Kier molecular flexibility index (Phi) is 4.95. The summed E-state index contributed by atoms with van der Waals surface area (Å²) in [5, 5.41) is 12.8. The molecule has 0 fully saturated rings. The first-order valence-corrected chi connectivity index (χ1v) is 5.02. The van der Waals surface area contributed by atoms with Crippen LogP contribution in [0.4, 0.5) is 4.39 Å². The maximum absolute atomic E-state index is 13.0. The first kappa shape index (κ1) is 12.7. The molecule has 1 unspecified atom stereocenters. The molecule has 2 N–H and O–H groups in total. The lowest BCUT2D eigenvalue weighted by atomic mass is 10.1. The van der Waals surface area contributed by atoms with E-state index in [0.29, 0.717) is 24.4 Å². The Labute approximate surface area is 94.6 Å². The van der Waals surface area contributed by atoms with Gasteiger partial charge in [0.15, 0.2) is 0 Å². The highest BCUT2D eigenvalue weighted by Gasteiger charge is 2.13. The monoisotopic (exact) mass is 225 g/mol. The van der Waals surface area contributed by atoms with Crippen molar-refractivity contribution in [2.75, 3.05) is 20.2 Å². The predicted molar refractivity (Wildman–Crippen MR) is 61.0 cm³/mol. The lowest BCUT2D eigenvalue weighted by Crippen LogP contribution is -2.21. The molecule has 0 bridgehead atoms. The van der Waals surface area contributed by atoms with Crippen molar-refractivity contribution in [3.8, 4) is 5.75 Å². The average molecular weight is 225 g/mol. The van der Waals surface area contributed by atoms with E-state index in [4.69, 9.17) is 4.74 Å². The standard InChI is InChI=1S/C12H16FNO2/c1-3-6-14-8-11(15)10-7-9(13)4-5-12(10)16-2/h3-5,7,11,14-15H,1,6,8H2,2H3. The van der Waals surface area contributed by atoms with Crippen molar-refractivity contribution in [3.63, 3.8) is 0 Å². The van der Waals surface area contributed by atoms with Gasteiger partial charge in [-0.2, -0.15) is 0 Å². The Hall–Kier alpha value is -1.39. The molecule has 0 aliphatic heterocycles. The molecule has 88 valence electrons. The number of methoxy groups -OCH3 is 1. The highest BCUT2D eigenvalue weighted by Crippen LogP contribution is 2.25. The van der Waals surface area contributed by atoms with E-state index >= 15 is 0 Å². The molecule has 0 saturated heterocycles. The normalized spacial score (nSPS) is 12.2. The predicted octanol–water partition coefficient (Wildman–Crippen LogP) is 1.64. The zero-order chi connectivity index (χ0) is 12.0. The highest BCUT2D eigenvalue weighted by atomic mass is 19.1. The Bertz CT molecular complexity index is 355. The van der Waals surface area contributed by atoms with Crippen molar-refractivity contribution >= 4 is 0 Å². The maximum Gasteiger partial charge on any atom is 0.124 e. The van der Waals surface area contributed by atoms with Gasteiger partial charge in [0, 0.05) is 18.7 Å². The molecule has 1 rings (SSSR count). The van der Waals surface area contributed by atoms with E-state index in [2.05, 4.69) is 11.9 Å². The van der Waals surface area contributed by atoms with Crippen LogP contribution >= 0.6 is 0 Å². The van der Waals surface area contributed by atoms with E-state index in [9.17, 15) is 9.50 Å². The van der Waals surface area contributed by atoms with Crippen molar-refractivity contribution in [3.05, 3.63) is 42.2 Å². The quantitative estimate of drug-likeness (QED) is 0.571. The van der Waals surface area contributed by atoms with Crippen molar-refractivity contribution in [2.45, 2.75) is 6.10 Å². The third-order valence-electron chi connectivity index (χ3n) is 2.18. The first-order chi connectivity index (χ1) is 7.69. The number of halogens is 1. The molecule has 0 aliphatic carbocycles. The highest BCUT2D eigenvalue weighted by molar-refractivity contribution is 5.35. The van der Waals surface area contributed by atoms with Crippen LogP contribution < -0.4 is 10.1 Å². The molecule has 0 spiro atoms. The number of aliphatic hydroxyl groups excluding tert-OH is 1. The summed E-state index contributed by atoms with van der Waals surface area (Å²) in [4.78, 5) is 0. The molecule has 16 heavy (non-hydrogen) atoms. The molecule has 0 saturated carbocycles. The Morgan fingerprint density at radius 1 is 1.62 bits per heavy atom. The summed E-state index contributed by atoms with van der Waals surface area (Å²) in [5.41, 5.74) is 0.444. The van der Waals surface area contributed by atoms with Crippen LogP contribution in [0.1, 0.15) is 11.7 Å². The summed E-state index contributed by atoms with van der Waals surface area (Å²) in [6.45, 7) is 4.47. The Morgan fingerprint density at radius 3 is 3.00 bits per heavy atom. The molecule has 1 aromatic carbocycles. The van der Waals surface area contributed by atoms with Crippen LogP contribution in [0, 0.1) is 5.82 Å². The van der Waals surface area contributed by atoms with E-state index in [1.165, 1.54) is 25.3 Å². The molecule has 0 aromatic heterocycles. The summed E-state index contributed by atoms with van der Waals surface area (Å²) < 4.78 is 18.1. The van der Waals surface area contributed by atoms with Gasteiger partial charge in [-0.15, -0.1) is 6.58 Å². The molecular weight excluding hydrogens is 209 g/mol. The number of hydrogen-bond acceptors (Lipinski definition) is 3. The lowest BCUT2D eigenvalue weighted by molar-refractivity contribution is 0.171. The van der Waals surface area contributed by atoms with Gasteiger partial charge in [-0.1, -0.05) is 6.08 Å². The van der Waals surface area contributed by atoms with Crippen molar-refractivity contribution < 1.29 is 14.2 Å². The van der Waals surface area contributed by atoms with Gasteiger partial charge in [-0.05, 0) is 18.2 Å². The van der Waals surface area contributed by atoms with Gasteiger partial charge >= 0.3 is 0 Å². The molecule has 0 heterocycles. The van der Waals surface area contributed by atoms with Crippen LogP contribution in [0.2, 0.25) is 0 Å². The summed E-state index contributed by atoms with van der Waals surface area (Å²) in [7, 11) is 1.49. The van der Waals surface area contributed by atoms with E-state index in [1.54, 1.807) is 6.08 Å². The Balaban J connectivity index is 2.75. The topological polar surface area (TPSA) is 41.5 Å². The molecule has 1 atom stereocenters. The smallest absolute Gasteiger partial charge is 0.124 e. The fourth-order valence-electron chi connectivity index (χ4n) is 1.40.